The topological polar surface area (TPSA) is 49.4 Å². The molecule has 106 valence electrons. The largest absolute Gasteiger partial charge is 0.385 e. The van der Waals surface area contributed by atoms with Gasteiger partial charge in [0.05, 0.1) is 6.26 Å². The first-order valence-corrected chi connectivity index (χ1v) is 8.55. The monoisotopic (exact) mass is 282 g/mol. The van der Waals surface area contributed by atoms with E-state index in [4.69, 9.17) is 0 Å². The van der Waals surface area contributed by atoms with Gasteiger partial charge in [0, 0.05) is 25.3 Å². The Morgan fingerprint density at radius 2 is 2.21 bits per heavy atom. The molecule has 1 atom stereocenters. The van der Waals surface area contributed by atoms with Crippen LogP contribution in [-0.4, -0.2) is 38.6 Å². The Morgan fingerprint density at radius 3 is 2.89 bits per heavy atom. The van der Waals surface area contributed by atoms with Crippen molar-refractivity contribution in [3.63, 3.8) is 0 Å². The van der Waals surface area contributed by atoms with Crippen molar-refractivity contribution in [2.75, 3.05) is 31.2 Å². The van der Waals surface area contributed by atoms with Gasteiger partial charge in [0.1, 0.15) is 0 Å². The van der Waals surface area contributed by atoms with E-state index in [0.717, 1.165) is 25.1 Å². The molecule has 1 aliphatic rings. The first-order valence-electron chi connectivity index (χ1n) is 6.71. The molecule has 1 unspecified atom stereocenters. The molecule has 0 radical (unpaired) electrons. The lowest BCUT2D eigenvalue weighted by Gasteiger charge is -2.31. The third-order valence-electron chi connectivity index (χ3n) is 3.56. The first-order chi connectivity index (χ1) is 8.95. The Balaban J connectivity index is 1.89. The minimum absolute atomic E-state index is 0.393. The summed E-state index contributed by atoms with van der Waals surface area (Å²) >= 11 is 0. The minimum atomic E-state index is -3.04. The SMILES string of the molecule is Cc1cccc(NCC2CCCN(S(C)(=O)=O)C2)c1. The summed E-state index contributed by atoms with van der Waals surface area (Å²) in [5.41, 5.74) is 2.34. The van der Waals surface area contributed by atoms with Crippen LogP contribution in [0, 0.1) is 12.8 Å². The van der Waals surface area contributed by atoms with Crippen molar-refractivity contribution in [3.05, 3.63) is 29.8 Å². The number of nitrogens with zero attached hydrogens (tertiary/aromatic N) is 1. The van der Waals surface area contributed by atoms with Crippen LogP contribution in [0.5, 0.6) is 0 Å². The molecular formula is C14H22N2O2S. The van der Waals surface area contributed by atoms with Crippen molar-refractivity contribution in [2.45, 2.75) is 19.8 Å². The van der Waals surface area contributed by atoms with Crippen LogP contribution in [0.25, 0.3) is 0 Å². The predicted molar refractivity (Wildman–Crippen MR) is 78.8 cm³/mol. The number of rotatable bonds is 4. The molecule has 0 saturated carbocycles. The number of benzene rings is 1. The summed E-state index contributed by atoms with van der Waals surface area (Å²) in [4.78, 5) is 0. The minimum Gasteiger partial charge on any atom is -0.385 e. The highest BCUT2D eigenvalue weighted by molar-refractivity contribution is 7.88. The molecule has 0 amide bonds. The fourth-order valence-corrected chi connectivity index (χ4v) is 3.45. The molecule has 4 nitrogen and oxygen atoms in total. The van der Waals surface area contributed by atoms with E-state index in [0.29, 0.717) is 19.0 Å². The molecule has 1 saturated heterocycles. The molecule has 19 heavy (non-hydrogen) atoms. The van der Waals surface area contributed by atoms with Crippen molar-refractivity contribution in [2.24, 2.45) is 5.92 Å². The maximum absolute atomic E-state index is 11.6. The van der Waals surface area contributed by atoms with Crippen molar-refractivity contribution in [1.29, 1.82) is 0 Å². The van der Waals surface area contributed by atoms with Gasteiger partial charge in [0.25, 0.3) is 0 Å². The summed E-state index contributed by atoms with van der Waals surface area (Å²) < 4.78 is 24.7. The molecule has 1 N–H and O–H groups in total. The van der Waals surface area contributed by atoms with Crippen LogP contribution in [0.15, 0.2) is 24.3 Å². The molecular weight excluding hydrogens is 260 g/mol. The standard InChI is InChI=1S/C14H22N2O2S/c1-12-5-3-7-14(9-12)15-10-13-6-4-8-16(11-13)19(2,17)18/h3,5,7,9,13,15H,4,6,8,10-11H2,1-2H3. The average Bonchev–Trinajstić information content (AvgIpc) is 2.36. The van der Waals surface area contributed by atoms with E-state index >= 15 is 0 Å². The summed E-state index contributed by atoms with van der Waals surface area (Å²) in [5, 5.41) is 3.41. The fourth-order valence-electron chi connectivity index (χ4n) is 2.51. The number of hydrogen-bond acceptors (Lipinski definition) is 3. The van der Waals surface area contributed by atoms with E-state index in [-0.39, 0.29) is 0 Å². The predicted octanol–water partition coefficient (Wildman–Crippen LogP) is 2.08. The lowest BCUT2D eigenvalue weighted by Crippen LogP contribution is -2.41. The molecule has 1 fully saturated rings. The summed E-state index contributed by atoms with van der Waals surface area (Å²) in [7, 11) is -3.04. The van der Waals surface area contributed by atoms with Gasteiger partial charge in [-0.3, -0.25) is 0 Å². The van der Waals surface area contributed by atoms with E-state index < -0.39 is 10.0 Å². The molecule has 0 aromatic heterocycles. The molecule has 0 aliphatic carbocycles. The molecule has 2 rings (SSSR count). The second-order valence-corrected chi connectivity index (χ2v) is 7.36. The first kappa shape index (κ1) is 14.3. The van der Waals surface area contributed by atoms with Crippen LogP contribution in [0.4, 0.5) is 5.69 Å². The van der Waals surface area contributed by atoms with Gasteiger partial charge in [-0.1, -0.05) is 12.1 Å². The molecule has 5 heteroatoms. The summed E-state index contributed by atoms with van der Waals surface area (Å²) in [6, 6.07) is 8.25. The van der Waals surface area contributed by atoms with Gasteiger partial charge in [-0.2, -0.15) is 0 Å². The molecule has 1 aromatic rings. The number of nitrogens with one attached hydrogen (secondary N) is 1. The Bertz CT molecular complexity index is 528. The Labute approximate surface area is 115 Å². The third-order valence-corrected chi connectivity index (χ3v) is 4.83. The highest BCUT2D eigenvalue weighted by atomic mass is 32.2. The second-order valence-electron chi connectivity index (χ2n) is 5.38. The zero-order valence-corrected chi connectivity index (χ0v) is 12.4. The van der Waals surface area contributed by atoms with E-state index in [1.54, 1.807) is 4.31 Å². The number of aryl methyl sites for hydroxylation is 1. The number of piperidine rings is 1. The molecule has 1 heterocycles. The maximum atomic E-state index is 11.6. The van der Waals surface area contributed by atoms with Crippen LogP contribution < -0.4 is 5.32 Å². The van der Waals surface area contributed by atoms with Gasteiger partial charge < -0.3 is 5.32 Å². The van der Waals surface area contributed by atoms with Gasteiger partial charge >= 0.3 is 0 Å². The van der Waals surface area contributed by atoms with Crippen LogP contribution in [0.1, 0.15) is 18.4 Å². The zero-order valence-electron chi connectivity index (χ0n) is 11.6. The van der Waals surface area contributed by atoms with Crippen molar-refractivity contribution >= 4 is 15.7 Å². The van der Waals surface area contributed by atoms with E-state index in [9.17, 15) is 8.42 Å². The number of anilines is 1. The van der Waals surface area contributed by atoms with Crippen LogP contribution in [0.2, 0.25) is 0 Å². The summed E-state index contributed by atoms with van der Waals surface area (Å²) in [6.45, 7) is 4.20. The summed E-state index contributed by atoms with van der Waals surface area (Å²) in [6.07, 6.45) is 3.33. The molecule has 0 spiro atoms. The fraction of sp³-hybridized carbons (Fsp3) is 0.571. The highest BCUT2D eigenvalue weighted by Crippen LogP contribution is 2.19. The van der Waals surface area contributed by atoms with Crippen LogP contribution in [-0.2, 0) is 10.0 Å². The number of hydrogen-bond donors (Lipinski definition) is 1. The lowest BCUT2D eigenvalue weighted by molar-refractivity contribution is 0.277. The van der Waals surface area contributed by atoms with Crippen molar-refractivity contribution in [3.8, 4) is 0 Å². The van der Waals surface area contributed by atoms with Gasteiger partial charge in [0.15, 0.2) is 0 Å². The maximum Gasteiger partial charge on any atom is 0.211 e. The highest BCUT2D eigenvalue weighted by Gasteiger charge is 2.25. The lowest BCUT2D eigenvalue weighted by atomic mass is 9.99. The van der Waals surface area contributed by atoms with E-state index in [2.05, 4.69) is 24.4 Å². The normalized spacial score (nSPS) is 21.3. The van der Waals surface area contributed by atoms with E-state index in [1.165, 1.54) is 11.8 Å². The molecule has 1 aliphatic heterocycles. The smallest absolute Gasteiger partial charge is 0.211 e. The Kier molecular flexibility index (Phi) is 4.47. The van der Waals surface area contributed by atoms with Crippen molar-refractivity contribution < 1.29 is 8.42 Å². The Morgan fingerprint density at radius 1 is 1.42 bits per heavy atom. The van der Waals surface area contributed by atoms with Crippen molar-refractivity contribution in [1.82, 2.24) is 4.31 Å². The average molecular weight is 282 g/mol. The van der Waals surface area contributed by atoms with Gasteiger partial charge in [-0.15, -0.1) is 0 Å². The quantitative estimate of drug-likeness (QED) is 0.920. The second kappa shape index (κ2) is 5.92. The van der Waals surface area contributed by atoms with Crippen LogP contribution >= 0.6 is 0 Å². The molecule has 0 bridgehead atoms. The van der Waals surface area contributed by atoms with Gasteiger partial charge in [-0.05, 0) is 43.4 Å². The zero-order chi connectivity index (χ0) is 13.9. The third kappa shape index (κ3) is 4.21. The number of sulfonamides is 1. The molecule has 1 aromatic carbocycles. The van der Waals surface area contributed by atoms with Crippen LogP contribution in [0.3, 0.4) is 0 Å². The van der Waals surface area contributed by atoms with Gasteiger partial charge in [-0.25, -0.2) is 12.7 Å². The van der Waals surface area contributed by atoms with Gasteiger partial charge in [0.2, 0.25) is 10.0 Å². The Hall–Kier alpha value is -1.07. The van der Waals surface area contributed by atoms with E-state index in [1.807, 2.05) is 12.1 Å². The summed E-state index contributed by atoms with van der Waals surface area (Å²) in [5.74, 6) is 0.393.